The molecule has 1 fully saturated rings. The molecule has 0 aromatic carbocycles. The number of hydrogen-bond acceptors (Lipinski definition) is 1. The van der Waals surface area contributed by atoms with Crippen molar-refractivity contribution < 1.29 is 0 Å². The summed E-state index contributed by atoms with van der Waals surface area (Å²) >= 11 is 0. The molecule has 0 spiro atoms. The maximum absolute atomic E-state index is 3.19. The largest absolute Gasteiger partial charge is 0.290 e. The molecule has 1 heterocycles. The maximum Gasteiger partial charge on any atom is 0.0685 e. The second-order valence-electron chi connectivity index (χ2n) is 3.17. The standard InChI is InChI=1S/C10H17N/c1-3-7-10(2)11-8-5-4-6-9-11/h10H,4-6,8-9H2,1-2H3/t10-/m1/s1. The van der Waals surface area contributed by atoms with Crippen molar-refractivity contribution in [3.05, 3.63) is 0 Å². The van der Waals surface area contributed by atoms with Crippen molar-refractivity contribution in [1.29, 1.82) is 0 Å². The molecule has 0 aliphatic carbocycles. The average Bonchev–Trinajstić information content (AvgIpc) is 2.07. The van der Waals surface area contributed by atoms with Gasteiger partial charge >= 0.3 is 0 Å². The lowest BCUT2D eigenvalue weighted by molar-refractivity contribution is 0.206. The SMILES string of the molecule is CC#C[C@@H](C)N1CCCCC1. The summed E-state index contributed by atoms with van der Waals surface area (Å²) in [6, 6.07) is 0.472. The van der Waals surface area contributed by atoms with E-state index in [9.17, 15) is 0 Å². The van der Waals surface area contributed by atoms with Crippen molar-refractivity contribution in [2.75, 3.05) is 13.1 Å². The second-order valence-corrected chi connectivity index (χ2v) is 3.17. The van der Waals surface area contributed by atoms with Gasteiger partial charge in [0.25, 0.3) is 0 Å². The van der Waals surface area contributed by atoms with Crippen LogP contribution in [0.25, 0.3) is 0 Å². The predicted molar refractivity (Wildman–Crippen MR) is 48.3 cm³/mol. The molecule has 0 unspecified atom stereocenters. The molecule has 1 aliphatic rings. The Morgan fingerprint density at radius 2 is 1.82 bits per heavy atom. The summed E-state index contributed by atoms with van der Waals surface area (Å²) in [6.07, 6.45) is 4.12. The zero-order chi connectivity index (χ0) is 8.10. The van der Waals surface area contributed by atoms with Crippen molar-refractivity contribution in [3.8, 4) is 11.8 Å². The fraction of sp³-hybridized carbons (Fsp3) is 0.800. The van der Waals surface area contributed by atoms with Crippen LogP contribution in [0.15, 0.2) is 0 Å². The fourth-order valence-corrected chi connectivity index (χ4v) is 1.61. The summed E-state index contributed by atoms with van der Waals surface area (Å²) in [7, 11) is 0. The molecule has 1 nitrogen and oxygen atoms in total. The lowest BCUT2D eigenvalue weighted by atomic mass is 10.1. The van der Waals surface area contributed by atoms with Crippen molar-refractivity contribution >= 4 is 0 Å². The Labute approximate surface area is 69.8 Å². The van der Waals surface area contributed by atoms with E-state index in [0.717, 1.165) is 0 Å². The minimum atomic E-state index is 0.472. The van der Waals surface area contributed by atoms with Gasteiger partial charge in [-0.2, -0.15) is 0 Å². The van der Waals surface area contributed by atoms with E-state index in [-0.39, 0.29) is 0 Å². The van der Waals surface area contributed by atoms with E-state index in [2.05, 4.69) is 23.7 Å². The second kappa shape index (κ2) is 4.41. The van der Waals surface area contributed by atoms with E-state index in [0.29, 0.717) is 6.04 Å². The number of rotatable bonds is 1. The van der Waals surface area contributed by atoms with Gasteiger partial charge in [0.1, 0.15) is 0 Å². The molecule has 0 radical (unpaired) electrons. The van der Waals surface area contributed by atoms with Gasteiger partial charge in [-0.15, -0.1) is 5.92 Å². The maximum atomic E-state index is 3.19. The quantitative estimate of drug-likeness (QED) is 0.517. The van der Waals surface area contributed by atoms with Crippen molar-refractivity contribution in [2.45, 2.75) is 39.2 Å². The van der Waals surface area contributed by atoms with E-state index in [1.807, 2.05) is 6.92 Å². The molecule has 0 bridgehead atoms. The van der Waals surface area contributed by atoms with Crippen LogP contribution in [0, 0.1) is 11.8 Å². The monoisotopic (exact) mass is 151 g/mol. The first-order valence-corrected chi connectivity index (χ1v) is 4.51. The molecular weight excluding hydrogens is 134 g/mol. The smallest absolute Gasteiger partial charge is 0.0685 e. The molecule has 1 aliphatic heterocycles. The van der Waals surface area contributed by atoms with E-state index in [4.69, 9.17) is 0 Å². The molecule has 0 aromatic heterocycles. The first kappa shape index (κ1) is 8.62. The molecule has 11 heavy (non-hydrogen) atoms. The van der Waals surface area contributed by atoms with Crippen molar-refractivity contribution in [1.82, 2.24) is 4.90 Å². The van der Waals surface area contributed by atoms with E-state index >= 15 is 0 Å². The lowest BCUT2D eigenvalue weighted by Gasteiger charge is -2.29. The fourth-order valence-electron chi connectivity index (χ4n) is 1.61. The van der Waals surface area contributed by atoms with Gasteiger partial charge in [0.15, 0.2) is 0 Å². The number of likely N-dealkylation sites (tertiary alicyclic amines) is 1. The van der Waals surface area contributed by atoms with Crippen molar-refractivity contribution in [2.24, 2.45) is 0 Å². The third-order valence-corrected chi connectivity index (χ3v) is 2.29. The highest BCUT2D eigenvalue weighted by molar-refractivity contribution is 5.04. The third kappa shape index (κ3) is 2.55. The van der Waals surface area contributed by atoms with Gasteiger partial charge in [-0.3, -0.25) is 4.90 Å². The average molecular weight is 151 g/mol. The summed E-state index contributed by atoms with van der Waals surface area (Å²) in [6.45, 7) is 6.61. The van der Waals surface area contributed by atoms with Crippen LogP contribution in [0.4, 0.5) is 0 Å². The molecule has 62 valence electrons. The minimum Gasteiger partial charge on any atom is -0.290 e. The summed E-state index contributed by atoms with van der Waals surface area (Å²) in [5.74, 6) is 6.16. The van der Waals surface area contributed by atoms with Gasteiger partial charge in [-0.25, -0.2) is 0 Å². The normalized spacial score (nSPS) is 22.0. The van der Waals surface area contributed by atoms with Crippen LogP contribution in [0.3, 0.4) is 0 Å². The lowest BCUT2D eigenvalue weighted by Crippen LogP contribution is -2.36. The Balaban J connectivity index is 2.36. The van der Waals surface area contributed by atoms with Crippen LogP contribution in [-0.2, 0) is 0 Å². The van der Waals surface area contributed by atoms with Crippen LogP contribution in [-0.4, -0.2) is 24.0 Å². The van der Waals surface area contributed by atoms with Crippen LogP contribution in [0.2, 0.25) is 0 Å². The minimum absolute atomic E-state index is 0.472. The Kier molecular flexibility index (Phi) is 3.45. The number of piperidine rings is 1. The Hall–Kier alpha value is -0.480. The highest BCUT2D eigenvalue weighted by atomic mass is 15.1. The number of nitrogens with zero attached hydrogens (tertiary/aromatic N) is 1. The predicted octanol–water partition coefficient (Wildman–Crippen LogP) is 1.88. The van der Waals surface area contributed by atoms with Crippen LogP contribution < -0.4 is 0 Å². The zero-order valence-corrected chi connectivity index (χ0v) is 7.56. The number of hydrogen-bond donors (Lipinski definition) is 0. The van der Waals surface area contributed by atoms with Crippen LogP contribution in [0.5, 0.6) is 0 Å². The molecule has 0 saturated carbocycles. The first-order valence-electron chi connectivity index (χ1n) is 4.51. The zero-order valence-electron chi connectivity index (χ0n) is 7.56. The summed E-state index contributed by atoms with van der Waals surface area (Å²) < 4.78 is 0. The van der Waals surface area contributed by atoms with Crippen LogP contribution in [0.1, 0.15) is 33.1 Å². The molecule has 1 rings (SSSR count). The van der Waals surface area contributed by atoms with Gasteiger partial charge in [0.2, 0.25) is 0 Å². The van der Waals surface area contributed by atoms with Gasteiger partial charge < -0.3 is 0 Å². The van der Waals surface area contributed by atoms with E-state index < -0.39 is 0 Å². The van der Waals surface area contributed by atoms with Crippen molar-refractivity contribution in [3.63, 3.8) is 0 Å². The molecule has 1 atom stereocenters. The Bertz CT molecular complexity index is 157. The van der Waals surface area contributed by atoms with Gasteiger partial charge in [-0.1, -0.05) is 12.3 Å². The van der Waals surface area contributed by atoms with E-state index in [1.165, 1.54) is 32.4 Å². The molecule has 1 heteroatoms. The van der Waals surface area contributed by atoms with Gasteiger partial charge in [-0.05, 0) is 39.8 Å². The molecular formula is C10H17N. The Morgan fingerprint density at radius 1 is 1.18 bits per heavy atom. The van der Waals surface area contributed by atoms with E-state index in [1.54, 1.807) is 0 Å². The topological polar surface area (TPSA) is 3.24 Å². The molecule has 0 N–H and O–H groups in total. The van der Waals surface area contributed by atoms with Gasteiger partial charge in [0.05, 0.1) is 6.04 Å². The first-order chi connectivity index (χ1) is 5.34. The summed E-state index contributed by atoms with van der Waals surface area (Å²) in [5, 5.41) is 0. The summed E-state index contributed by atoms with van der Waals surface area (Å²) in [4.78, 5) is 2.47. The highest BCUT2D eigenvalue weighted by Crippen LogP contribution is 2.11. The molecule has 1 saturated heterocycles. The highest BCUT2D eigenvalue weighted by Gasteiger charge is 2.13. The van der Waals surface area contributed by atoms with Gasteiger partial charge in [0, 0.05) is 0 Å². The molecule has 0 aromatic rings. The summed E-state index contributed by atoms with van der Waals surface area (Å²) in [5.41, 5.74) is 0. The molecule has 0 amide bonds. The Morgan fingerprint density at radius 3 is 2.36 bits per heavy atom. The third-order valence-electron chi connectivity index (χ3n) is 2.29. The van der Waals surface area contributed by atoms with Crippen LogP contribution >= 0.6 is 0 Å².